The van der Waals surface area contributed by atoms with Crippen LogP contribution in [0.25, 0.3) is 0 Å². The molecule has 1 aromatic carbocycles. The van der Waals surface area contributed by atoms with Gasteiger partial charge >= 0.3 is 0 Å². The van der Waals surface area contributed by atoms with Crippen molar-refractivity contribution in [3.05, 3.63) is 29.8 Å². The zero-order valence-corrected chi connectivity index (χ0v) is 15.1. The van der Waals surface area contributed by atoms with Crippen LogP contribution >= 0.6 is 12.4 Å². The number of benzene rings is 1. The molecule has 0 aliphatic carbocycles. The van der Waals surface area contributed by atoms with Crippen molar-refractivity contribution in [3.63, 3.8) is 0 Å². The number of ether oxygens (including phenoxy) is 1. The van der Waals surface area contributed by atoms with E-state index in [9.17, 15) is 8.42 Å². The van der Waals surface area contributed by atoms with E-state index in [2.05, 4.69) is 4.72 Å². The average molecular weight is 351 g/mol. The molecule has 0 radical (unpaired) electrons. The zero-order chi connectivity index (χ0) is 15.9. The Hall–Kier alpha value is -0.660. The van der Waals surface area contributed by atoms with Crippen molar-refractivity contribution in [3.8, 4) is 0 Å². The second-order valence-corrected chi connectivity index (χ2v) is 6.87. The van der Waals surface area contributed by atoms with Crippen molar-refractivity contribution in [1.29, 1.82) is 0 Å². The van der Waals surface area contributed by atoms with E-state index in [4.69, 9.17) is 10.5 Å². The van der Waals surface area contributed by atoms with Gasteiger partial charge in [0.05, 0.1) is 11.5 Å². The van der Waals surface area contributed by atoms with E-state index in [0.717, 1.165) is 12.0 Å². The Morgan fingerprint density at radius 2 is 1.73 bits per heavy atom. The minimum absolute atomic E-state index is 0. The fourth-order valence-electron chi connectivity index (χ4n) is 2.12. The summed E-state index contributed by atoms with van der Waals surface area (Å²) in [5.74, 6) is 0. The first-order valence-corrected chi connectivity index (χ1v) is 8.73. The van der Waals surface area contributed by atoms with Gasteiger partial charge in [0.2, 0.25) is 10.0 Å². The third-order valence-corrected chi connectivity index (χ3v) is 5.52. The van der Waals surface area contributed by atoms with E-state index in [1.54, 1.807) is 19.2 Å². The summed E-state index contributed by atoms with van der Waals surface area (Å²) >= 11 is 0. The maximum atomic E-state index is 12.5. The molecule has 0 amide bonds. The molecule has 0 heterocycles. The summed E-state index contributed by atoms with van der Waals surface area (Å²) in [5.41, 5.74) is 6.22. The molecule has 0 saturated heterocycles. The van der Waals surface area contributed by atoms with E-state index in [1.165, 1.54) is 0 Å². The Morgan fingerprint density at radius 3 is 2.14 bits per heavy atom. The molecule has 7 heteroatoms. The molecule has 0 saturated carbocycles. The number of halogens is 1. The lowest BCUT2D eigenvalue weighted by Crippen LogP contribution is -2.52. The van der Waals surface area contributed by atoms with Crippen LogP contribution in [0.2, 0.25) is 0 Å². The van der Waals surface area contributed by atoms with Crippen LogP contribution in [0.15, 0.2) is 29.2 Å². The van der Waals surface area contributed by atoms with Gasteiger partial charge in [-0.25, -0.2) is 13.1 Å². The number of methoxy groups -OCH3 is 1. The number of rotatable bonds is 9. The molecular weight excluding hydrogens is 324 g/mol. The number of sulfonamides is 1. The first kappa shape index (κ1) is 21.3. The van der Waals surface area contributed by atoms with E-state index in [0.29, 0.717) is 19.4 Å². The predicted molar refractivity (Wildman–Crippen MR) is 92.0 cm³/mol. The van der Waals surface area contributed by atoms with Crippen LogP contribution in [0.1, 0.15) is 32.3 Å². The molecule has 0 fully saturated rings. The van der Waals surface area contributed by atoms with Crippen molar-refractivity contribution < 1.29 is 13.2 Å². The highest BCUT2D eigenvalue weighted by Crippen LogP contribution is 2.19. The summed E-state index contributed by atoms with van der Waals surface area (Å²) < 4.78 is 32.7. The predicted octanol–water partition coefficient (Wildman–Crippen LogP) is 2.09. The lowest BCUT2D eigenvalue weighted by atomic mass is 9.95. The zero-order valence-electron chi connectivity index (χ0n) is 13.5. The Kier molecular flexibility index (Phi) is 9.19. The molecule has 0 atom stereocenters. The van der Waals surface area contributed by atoms with Gasteiger partial charge < -0.3 is 10.5 Å². The number of nitrogens with one attached hydrogen (secondary N) is 1. The van der Waals surface area contributed by atoms with Crippen molar-refractivity contribution in [1.82, 2.24) is 4.72 Å². The second kappa shape index (κ2) is 9.47. The molecule has 0 spiro atoms. The van der Waals surface area contributed by atoms with Gasteiger partial charge in [-0.2, -0.15) is 0 Å². The van der Waals surface area contributed by atoms with Crippen molar-refractivity contribution >= 4 is 22.4 Å². The molecule has 0 aliphatic rings. The second-order valence-electron chi connectivity index (χ2n) is 5.18. The van der Waals surface area contributed by atoms with Crippen LogP contribution < -0.4 is 10.5 Å². The highest BCUT2D eigenvalue weighted by Gasteiger charge is 2.30. The summed E-state index contributed by atoms with van der Waals surface area (Å²) in [6, 6.07) is 6.88. The molecule has 128 valence electrons. The van der Waals surface area contributed by atoms with E-state index < -0.39 is 15.6 Å². The molecule has 22 heavy (non-hydrogen) atoms. The molecular formula is C15H27ClN2O3S. The summed E-state index contributed by atoms with van der Waals surface area (Å²) in [4.78, 5) is 0.267. The van der Waals surface area contributed by atoms with Crippen LogP contribution in [0, 0.1) is 0 Å². The molecule has 0 bridgehead atoms. The quantitative estimate of drug-likeness (QED) is 0.714. The molecule has 5 nitrogen and oxygen atoms in total. The summed E-state index contributed by atoms with van der Waals surface area (Å²) in [7, 11) is -1.91. The van der Waals surface area contributed by atoms with Crippen molar-refractivity contribution in [2.24, 2.45) is 5.73 Å². The van der Waals surface area contributed by atoms with Crippen LogP contribution in [-0.4, -0.2) is 34.2 Å². The lowest BCUT2D eigenvalue weighted by Gasteiger charge is -2.31. The standard InChI is InChI=1S/C15H26N2O3S.ClH/c1-4-15(5-2,12-16)17-21(18,19)14-8-6-13(7-9-14)10-11-20-3;/h6-9,17H,4-5,10-12,16H2,1-3H3;1H. The minimum Gasteiger partial charge on any atom is -0.384 e. The SMILES string of the molecule is CCC(CC)(CN)NS(=O)(=O)c1ccc(CCOC)cc1.Cl. The first-order chi connectivity index (χ1) is 9.93. The number of hydrogen-bond donors (Lipinski definition) is 2. The highest BCUT2D eigenvalue weighted by atomic mass is 35.5. The highest BCUT2D eigenvalue weighted by molar-refractivity contribution is 7.89. The average Bonchev–Trinajstić information content (AvgIpc) is 2.51. The molecule has 3 N–H and O–H groups in total. The van der Waals surface area contributed by atoms with Gasteiger partial charge in [-0.3, -0.25) is 0 Å². The number of hydrogen-bond acceptors (Lipinski definition) is 4. The summed E-state index contributed by atoms with van der Waals surface area (Å²) in [6.45, 7) is 4.77. The summed E-state index contributed by atoms with van der Waals surface area (Å²) in [6.07, 6.45) is 2.08. The summed E-state index contributed by atoms with van der Waals surface area (Å²) in [5, 5.41) is 0. The fourth-order valence-corrected chi connectivity index (χ4v) is 3.68. The fraction of sp³-hybridized carbons (Fsp3) is 0.600. The Labute approximate surface area is 140 Å². The minimum atomic E-state index is -3.55. The lowest BCUT2D eigenvalue weighted by molar-refractivity contribution is 0.202. The topological polar surface area (TPSA) is 81.4 Å². The first-order valence-electron chi connectivity index (χ1n) is 7.25. The molecule has 1 rings (SSSR count). The Balaban J connectivity index is 0.00000441. The van der Waals surface area contributed by atoms with Crippen LogP contribution in [0.4, 0.5) is 0 Å². The maximum Gasteiger partial charge on any atom is 0.241 e. The molecule has 0 aromatic heterocycles. The normalized spacial score (nSPS) is 12.0. The van der Waals surface area contributed by atoms with Gasteiger partial charge in [-0.15, -0.1) is 12.4 Å². The van der Waals surface area contributed by atoms with E-state index in [-0.39, 0.29) is 23.8 Å². The van der Waals surface area contributed by atoms with Crippen LogP contribution in [-0.2, 0) is 21.2 Å². The van der Waals surface area contributed by atoms with Gasteiger partial charge in [-0.05, 0) is 37.0 Å². The van der Waals surface area contributed by atoms with Crippen molar-refractivity contribution in [2.45, 2.75) is 43.5 Å². The molecule has 0 aliphatic heterocycles. The van der Waals surface area contributed by atoms with Crippen molar-refractivity contribution in [2.75, 3.05) is 20.3 Å². The monoisotopic (exact) mass is 350 g/mol. The maximum absolute atomic E-state index is 12.5. The third kappa shape index (κ3) is 5.52. The van der Waals surface area contributed by atoms with Gasteiger partial charge in [0.25, 0.3) is 0 Å². The molecule has 0 unspecified atom stereocenters. The smallest absolute Gasteiger partial charge is 0.241 e. The Morgan fingerprint density at radius 1 is 1.18 bits per heavy atom. The third-order valence-electron chi connectivity index (χ3n) is 3.92. The largest absolute Gasteiger partial charge is 0.384 e. The number of nitrogens with two attached hydrogens (primary N) is 1. The van der Waals surface area contributed by atoms with Gasteiger partial charge in [0, 0.05) is 19.2 Å². The van der Waals surface area contributed by atoms with Gasteiger partial charge in [-0.1, -0.05) is 26.0 Å². The van der Waals surface area contributed by atoms with Crippen LogP contribution in [0.5, 0.6) is 0 Å². The van der Waals surface area contributed by atoms with Gasteiger partial charge in [0.15, 0.2) is 0 Å². The molecule has 1 aromatic rings. The van der Waals surface area contributed by atoms with E-state index >= 15 is 0 Å². The van der Waals surface area contributed by atoms with E-state index in [1.807, 2.05) is 26.0 Å². The Bertz CT molecular complexity index is 520. The van der Waals surface area contributed by atoms with Gasteiger partial charge in [0.1, 0.15) is 0 Å². The van der Waals surface area contributed by atoms with Crippen LogP contribution in [0.3, 0.4) is 0 Å².